The molecule has 0 aliphatic heterocycles. The fourth-order valence-corrected chi connectivity index (χ4v) is 12.7. The van der Waals surface area contributed by atoms with Crippen LogP contribution in [-0.2, 0) is 19.1 Å². The lowest BCUT2D eigenvalue weighted by Gasteiger charge is -2.73. The maximum absolute atomic E-state index is 12.9. The van der Waals surface area contributed by atoms with Crippen LogP contribution in [0.5, 0.6) is 0 Å². The zero-order valence-electron chi connectivity index (χ0n) is 29.0. The van der Waals surface area contributed by atoms with Crippen LogP contribution in [0, 0.1) is 56.7 Å². The lowest BCUT2D eigenvalue weighted by Crippen LogP contribution is -2.66. The van der Waals surface area contributed by atoms with Gasteiger partial charge in [-0.2, -0.15) is 0 Å². The molecule has 0 aromatic carbocycles. The van der Waals surface area contributed by atoms with Crippen molar-refractivity contribution in [3.63, 3.8) is 0 Å². The number of hydrogen-bond acceptors (Lipinski definition) is 4. The molecule has 5 aliphatic rings. The van der Waals surface area contributed by atoms with Crippen LogP contribution in [0.15, 0.2) is 12.2 Å². The van der Waals surface area contributed by atoms with Crippen LogP contribution in [0.2, 0.25) is 0 Å². The Morgan fingerprint density at radius 1 is 0.818 bits per heavy atom. The largest absolute Gasteiger partial charge is 0.462 e. The molecule has 0 aromatic heterocycles. The van der Waals surface area contributed by atoms with Crippen LogP contribution < -0.4 is 11.1 Å². The summed E-state index contributed by atoms with van der Waals surface area (Å²) in [5.41, 5.74) is 7.63. The van der Waals surface area contributed by atoms with E-state index in [9.17, 15) is 14.4 Å². The normalized spacial score (nSPS) is 43.9. The Labute approximate surface area is 267 Å². The van der Waals surface area contributed by atoms with Crippen LogP contribution in [0.25, 0.3) is 0 Å². The van der Waals surface area contributed by atoms with Crippen molar-refractivity contribution < 1.29 is 19.1 Å². The van der Waals surface area contributed by atoms with Crippen molar-refractivity contribution in [2.75, 3.05) is 6.54 Å². The van der Waals surface area contributed by atoms with Gasteiger partial charge < -0.3 is 15.8 Å². The first kappa shape index (κ1) is 33.5. The number of unbranched alkanes of at least 4 members (excludes halogenated alkanes) is 1. The standard InChI is InChI=1S/C38H62N2O4/c1-24(23-40-25(2)41)26-15-18-35(5)21-22-37(7)27(33(26)35)13-14-29-36(6)19-17-30(44-32(43)12-10-9-11-31(39)42)34(3,4)28(36)16-20-38(29,37)8/h26-30,33H,1,9-23H2,2-8H3,(H2,39,42)(H,40,41)/t26-,27+,28-,29+,30-,33+,35+,36-,37+,38+/m0/s1. The number of amides is 2. The first-order valence-electron chi connectivity index (χ1n) is 17.9. The summed E-state index contributed by atoms with van der Waals surface area (Å²) in [4.78, 5) is 35.7. The number of esters is 1. The average Bonchev–Trinajstić information content (AvgIpc) is 3.29. The second kappa shape index (κ2) is 11.7. The number of fused-ring (bicyclic) bond motifs is 7. The van der Waals surface area contributed by atoms with Crippen molar-refractivity contribution in [3.05, 3.63) is 12.2 Å². The number of primary amides is 1. The van der Waals surface area contributed by atoms with E-state index in [-0.39, 0.29) is 40.1 Å². The Morgan fingerprint density at radius 2 is 1.52 bits per heavy atom. The summed E-state index contributed by atoms with van der Waals surface area (Å²) in [6.45, 7) is 22.0. The highest BCUT2D eigenvalue weighted by Crippen LogP contribution is 2.77. The average molecular weight is 611 g/mol. The number of carbonyl (C=O) groups is 3. The number of carbonyl (C=O) groups excluding carboxylic acids is 3. The van der Waals surface area contributed by atoms with Gasteiger partial charge in [0.2, 0.25) is 11.8 Å². The molecule has 6 nitrogen and oxygen atoms in total. The van der Waals surface area contributed by atoms with E-state index < -0.39 is 0 Å². The number of nitrogens with one attached hydrogen (secondary N) is 1. The van der Waals surface area contributed by atoms with Gasteiger partial charge in [-0.3, -0.25) is 14.4 Å². The summed E-state index contributed by atoms with van der Waals surface area (Å²) < 4.78 is 6.21. The predicted octanol–water partition coefficient (Wildman–Crippen LogP) is 7.74. The molecule has 0 bridgehead atoms. The molecule has 5 saturated carbocycles. The third-order valence-electron chi connectivity index (χ3n) is 15.2. The zero-order chi connectivity index (χ0) is 32.3. The maximum Gasteiger partial charge on any atom is 0.306 e. The third kappa shape index (κ3) is 5.36. The van der Waals surface area contributed by atoms with Gasteiger partial charge in [0.1, 0.15) is 6.10 Å². The molecule has 0 spiro atoms. The first-order chi connectivity index (χ1) is 20.5. The molecule has 5 fully saturated rings. The molecule has 44 heavy (non-hydrogen) atoms. The van der Waals surface area contributed by atoms with Crippen molar-refractivity contribution >= 4 is 17.8 Å². The fraction of sp³-hybridized carbons (Fsp3) is 0.868. The highest BCUT2D eigenvalue weighted by atomic mass is 16.5. The van der Waals surface area contributed by atoms with Crippen LogP contribution >= 0.6 is 0 Å². The smallest absolute Gasteiger partial charge is 0.306 e. The molecular weight excluding hydrogens is 548 g/mol. The quantitative estimate of drug-likeness (QED) is 0.158. The van der Waals surface area contributed by atoms with Crippen LogP contribution in [0.3, 0.4) is 0 Å². The van der Waals surface area contributed by atoms with E-state index in [1.165, 1.54) is 56.9 Å². The summed E-state index contributed by atoms with van der Waals surface area (Å²) in [5, 5.41) is 3.05. The van der Waals surface area contributed by atoms with Gasteiger partial charge >= 0.3 is 5.97 Å². The molecule has 0 unspecified atom stereocenters. The molecule has 0 saturated heterocycles. The van der Waals surface area contributed by atoms with Crippen LogP contribution in [0.1, 0.15) is 138 Å². The molecule has 0 radical (unpaired) electrons. The van der Waals surface area contributed by atoms with Gasteiger partial charge in [0, 0.05) is 31.7 Å². The van der Waals surface area contributed by atoms with Crippen molar-refractivity contribution in [2.45, 2.75) is 144 Å². The van der Waals surface area contributed by atoms with E-state index in [1.54, 1.807) is 6.92 Å². The van der Waals surface area contributed by atoms with Crippen molar-refractivity contribution in [2.24, 2.45) is 62.4 Å². The molecule has 6 heteroatoms. The second-order valence-corrected chi connectivity index (χ2v) is 17.6. The predicted molar refractivity (Wildman–Crippen MR) is 175 cm³/mol. The summed E-state index contributed by atoms with van der Waals surface area (Å²) in [7, 11) is 0. The summed E-state index contributed by atoms with van der Waals surface area (Å²) in [6, 6.07) is 0. The Balaban J connectivity index is 1.34. The highest BCUT2D eigenvalue weighted by molar-refractivity contribution is 5.74. The van der Waals surface area contributed by atoms with Crippen LogP contribution in [-0.4, -0.2) is 30.4 Å². The SMILES string of the molecule is C=C(CNC(C)=O)[C@@H]1CC[C@]2(C)CC[C@]3(C)[C@H](CC[C@@H]4[C@@]5(C)CC[C@H](OC(=O)CCCCC(N)=O)C(C)(C)[C@@H]5CC[C@]43C)[C@@H]12. The third-order valence-corrected chi connectivity index (χ3v) is 15.2. The van der Waals surface area contributed by atoms with Gasteiger partial charge in [0.15, 0.2) is 0 Å². The van der Waals surface area contributed by atoms with Gasteiger partial charge in [-0.05, 0) is 128 Å². The molecule has 5 aliphatic carbocycles. The van der Waals surface area contributed by atoms with Crippen molar-refractivity contribution in [3.8, 4) is 0 Å². The molecule has 0 aromatic rings. The van der Waals surface area contributed by atoms with Gasteiger partial charge in [-0.1, -0.05) is 53.7 Å². The van der Waals surface area contributed by atoms with Crippen LogP contribution in [0.4, 0.5) is 0 Å². The summed E-state index contributed by atoms with van der Waals surface area (Å²) >= 11 is 0. The topological polar surface area (TPSA) is 98.5 Å². The molecule has 10 atom stereocenters. The first-order valence-corrected chi connectivity index (χ1v) is 17.9. The molecular formula is C38H62N2O4. The van der Waals surface area contributed by atoms with Gasteiger partial charge in [-0.25, -0.2) is 0 Å². The number of hydrogen-bond donors (Lipinski definition) is 2. The molecule has 0 heterocycles. The Morgan fingerprint density at radius 3 is 2.20 bits per heavy atom. The second-order valence-electron chi connectivity index (χ2n) is 17.6. The molecule has 248 valence electrons. The van der Waals surface area contributed by atoms with Gasteiger partial charge in [0.05, 0.1) is 0 Å². The van der Waals surface area contributed by atoms with E-state index in [2.05, 4.69) is 53.4 Å². The zero-order valence-corrected chi connectivity index (χ0v) is 29.0. The number of nitrogens with two attached hydrogens (primary N) is 1. The van der Waals surface area contributed by atoms with Crippen molar-refractivity contribution in [1.29, 1.82) is 0 Å². The minimum Gasteiger partial charge on any atom is -0.462 e. The number of rotatable bonds is 9. The van der Waals surface area contributed by atoms with E-state index in [1.807, 2.05) is 0 Å². The summed E-state index contributed by atoms with van der Waals surface area (Å²) in [5.74, 6) is 2.66. The van der Waals surface area contributed by atoms with Crippen molar-refractivity contribution in [1.82, 2.24) is 5.32 Å². The molecule has 3 N–H and O–H groups in total. The molecule has 2 amide bonds. The minimum atomic E-state index is -0.309. The Kier molecular flexibility index (Phi) is 8.95. The van der Waals surface area contributed by atoms with Gasteiger partial charge in [0.25, 0.3) is 0 Å². The number of ether oxygens (including phenoxy) is 1. The fourth-order valence-electron chi connectivity index (χ4n) is 12.7. The highest BCUT2D eigenvalue weighted by Gasteiger charge is 2.70. The van der Waals surface area contributed by atoms with E-state index in [0.29, 0.717) is 72.6 Å². The Hall–Kier alpha value is -1.85. The maximum atomic E-state index is 12.9. The van der Waals surface area contributed by atoms with E-state index >= 15 is 0 Å². The lowest BCUT2D eigenvalue weighted by atomic mass is 9.32. The molecule has 5 rings (SSSR count). The van der Waals surface area contributed by atoms with Gasteiger partial charge in [-0.15, -0.1) is 0 Å². The van der Waals surface area contributed by atoms with E-state index in [4.69, 9.17) is 10.5 Å². The van der Waals surface area contributed by atoms with E-state index in [0.717, 1.165) is 12.8 Å². The summed E-state index contributed by atoms with van der Waals surface area (Å²) in [6.07, 6.45) is 14.2. The Bertz CT molecular complexity index is 1160. The lowest BCUT2D eigenvalue weighted by molar-refractivity contribution is -0.249. The monoisotopic (exact) mass is 610 g/mol. The minimum absolute atomic E-state index is 0.0334.